The van der Waals surface area contributed by atoms with Crippen LogP contribution in [0.25, 0.3) is 0 Å². The van der Waals surface area contributed by atoms with E-state index in [-0.39, 0.29) is 16.9 Å². The standard InChI is InChI=1S/C18H22N2O3/c1-17(2,3)12-8-11-14(9-13(12)21)23-18(4,5)16(15(11)22)20-7-6-19-10-20/h6-10,16,21H,1-5H3. The molecule has 2 aromatic rings. The number of ether oxygens (including phenoxy) is 1. The fourth-order valence-corrected chi connectivity index (χ4v) is 3.17. The molecule has 1 aliphatic heterocycles. The number of rotatable bonds is 1. The Morgan fingerprint density at radius 1 is 1.30 bits per heavy atom. The predicted octanol–water partition coefficient (Wildman–Crippen LogP) is 3.48. The van der Waals surface area contributed by atoms with Crippen molar-refractivity contribution >= 4 is 5.78 Å². The van der Waals surface area contributed by atoms with Gasteiger partial charge in [0.1, 0.15) is 23.1 Å². The maximum Gasteiger partial charge on any atom is 0.193 e. The Bertz CT molecular complexity index is 755. The summed E-state index contributed by atoms with van der Waals surface area (Å²) in [5, 5.41) is 10.3. The van der Waals surface area contributed by atoms with E-state index in [1.807, 2.05) is 34.6 Å². The number of hydrogen-bond donors (Lipinski definition) is 1. The molecule has 2 heterocycles. The molecule has 1 aliphatic rings. The van der Waals surface area contributed by atoms with Crippen molar-refractivity contribution in [3.63, 3.8) is 0 Å². The molecule has 1 atom stereocenters. The predicted molar refractivity (Wildman–Crippen MR) is 87.1 cm³/mol. The van der Waals surface area contributed by atoms with Crippen LogP contribution in [-0.2, 0) is 5.41 Å². The first-order chi connectivity index (χ1) is 10.6. The Balaban J connectivity index is 2.17. The normalized spacial score (nSPS) is 20.0. The zero-order valence-electron chi connectivity index (χ0n) is 14.1. The van der Waals surface area contributed by atoms with Crippen molar-refractivity contribution in [2.75, 3.05) is 0 Å². The molecule has 1 aromatic heterocycles. The van der Waals surface area contributed by atoms with Crippen LogP contribution < -0.4 is 4.74 Å². The molecule has 1 N–H and O–H groups in total. The van der Waals surface area contributed by atoms with Gasteiger partial charge < -0.3 is 14.4 Å². The molecule has 0 spiro atoms. The van der Waals surface area contributed by atoms with Crippen LogP contribution >= 0.6 is 0 Å². The summed E-state index contributed by atoms with van der Waals surface area (Å²) in [5.41, 5.74) is 0.236. The number of ketones is 1. The van der Waals surface area contributed by atoms with Crippen LogP contribution in [-0.4, -0.2) is 26.0 Å². The lowest BCUT2D eigenvalue weighted by atomic mass is 9.81. The summed E-state index contributed by atoms with van der Waals surface area (Å²) in [7, 11) is 0. The first-order valence-corrected chi connectivity index (χ1v) is 7.69. The van der Waals surface area contributed by atoms with Gasteiger partial charge in [0.05, 0.1) is 11.9 Å². The molecule has 5 nitrogen and oxygen atoms in total. The molecule has 3 rings (SSSR count). The minimum absolute atomic E-state index is 0.0280. The zero-order valence-corrected chi connectivity index (χ0v) is 14.1. The highest BCUT2D eigenvalue weighted by Gasteiger charge is 2.45. The monoisotopic (exact) mass is 314 g/mol. The first-order valence-electron chi connectivity index (χ1n) is 7.69. The van der Waals surface area contributed by atoms with E-state index in [9.17, 15) is 9.90 Å². The van der Waals surface area contributed by atoms with E-state index >= 15 is 0 Å². The van der Waals surface area contributed by atoms with E-state index in [0.29, 0.717) is 11.3 Å². The minimum Gasteiger partial charge on any atom is -0.508 e. The van der Waals surface area contributed by atoms with E-state index in [0.717, 1.165) is 5.56 Å². The van der Waals surface area contributed by atoms with Gasteiger partial charge in [-0.15, -0.1) is 0 Å². The third-order valence-corrected chi connectivity index (χ3v) is 4.27. The third kappa shape index (κ3) is 2.50. The fraction of sp³-hybridized carbons (Fsp3) is 0.444. The van der Waals surface area contributed by atoms with Crippen molar-refractivity contribution in [3.05, 3.63) is 42.0 Å². The van der Waals surface area contributed by atoms with Crippen LogP contribution in [0.15, 0.2) is 30.9 Å². The second-order valence-corrected chi connectivity index (χ2v) is 7.60. The van der Waals surface area contributed by atoms with E-state index in [1.54, 1.807) is 35.4 Å². The van der Waals surface area contributed by atoms with Gasteiger partial charge in [0.2, 0.25) is 0 Å². The van der Waals surface area contributed by atoms with E-state index in [4.69, 9.17) is 4.74 Å². The van der Waals surface area contributed by atoms with Gasteiger partial charge in [-0.25, -0.2) is 4.98 Å². The van der Waals surface area contributed by atoms with Gasteiger partial charge in [-0.1, -0.05) is 20.8 Å². The van der Waals surface area contributed by atoms with E-state index in [1.165, 1.54) is 0 Å². The van der Waals surface area contributed by atoms with E-state index in [2.05, 4.69) is 4.98 Å². The highest BCUT2D eigenvalue weighted by Crippen LogP contribution is 2.44. The Morgan fingerprint density at radius 3 is 2.57 bits per heavy atom. The molecule has 0 amide bonds. The topological polar surface area (TPSA) is 64.3 Å². The van der Waals surface area contributed by atoms with Gasteiger partial charge in [0.25, 0.3) is 0 Å². The Labute approximate surface area is 135 Å². The number of aromatic nitrogens is 2. The average Bonchev–Trinajstić information content (AvgIpc) is 2.89. The van der Waals surface area contributed by atoms with Gasteiger partial charge in [0.15, 0.2) is 5.78 Å². The van der Waals surface area contributed by atoms with Crippen molar-refractivity contribution in [3.8, 4) is 11.5 Å². The lowest BCUT2D eigenvalue weighted by Crippen LogP contribution is -2.46. The molecule has 0 bridgehead atoms. The van der Waals surface area contributed by atoms with Crippen LogP contribution in [0.4, 0.5) is 0 Å². The number of nitrogens with zero attached hydrogens (tertiary/aromatic N) is 2. The SMILES string of the molecule is CC(C)(C)c1cc2c(cc1O)OC(C)(C)C(n1ccnc1)C2=O. The summed E-state index contributed by atoms with van der Waals surface area (Å²) in [6.07, 6.45) is 5.05. The molecule has 0 saturated carbocycles. The quantitative estimate of drug-likeness (QED) is 0.875. The van der Waals surface area contributed by atoms with Crippen LogP contribution in [0.3, 0.4) is 0 Å². The Kier molecular flexibility index (Phi) is 3.29. The van der Waals surface area contributed by atoms with Gasteiger partial charge >= 0.3 is 0 Å². The summed E-state index contributed by atoms with van der Waals surface area (Å²) in [4.78, 5) is 17.2. The summed E-state index contributed by atoms with van der Waals surface area (Å²) in [5.74, 6) is 0.558. The minimum atomic E-state index is -0.736. The summed E-state index contributed by atoms with van der Waals surface area (Å²) >= 11 is 0. The van der Waals surface area contributed by atoms with Crippen molar-refractivity contribution < 1.29 is 14.6 Å². The lowest BCUT2D eigenvalue weighted by Gasteiger charge is -2.39. The Hall–Kier alpha value is -2.30. The zero-order chi connectivity index (χ0) is 17.0. The molecule has 1 aromatic carbocycles. The first kappa shape index (κ1) is 15.6. The molecule has 0 fully saturated rings. The van der Waals surface area contributed by atoms with Crippen molar-refractivity contribution in [1.82, 2.24) is 9.55 Å². The molecule has 0 radical (unpaired) electrons. The molecule has 5 heteroatoms. The van der Waals surface area contributed by atoms with Gasteiger partial charge in [-0.3, -0.25) is 4.79 Å². The molecular formula is C18H22N2O3. The van der Waals surface area contributed by atoms with Crippen LogP contribution in [0.5, 0.6) is 11.5 Å². The number of aromatic hydroxyl groups is 1. The molecule has 122 valence electrons. The Morgan fingerprint density at radius 2 is 2.00 bits per heavy atom. The van der Waals surface area contributed by atoms with Gasteiger partial charge in [-0.05, 0) is 25.3 Å². The number of phenolic OH excluding ortho intramolecular Hbond substituents is 1. The third-order valence-electron chi connectivity index (χ3n) is 4.27. The van der Waals surface area contributed by atoms with Crippen molar-refractivity contribution in [1.29, 1.82) is 0 Å². The van der Waals surface area contributed by atoms with Gasteiger partial charge in [0, 0.05) is 24.0 Å². The van der Waals surface area contributed by atoms with Crippen LogP contribution in [0, 0.1) is 0 Å². The maximum absolute atomic E-state index is 13.1. The number of fused-ring (bicyclic) bond motifs is 1. The maximum atomic E-state index is 13.1. The lowest BCUT2D eigenvalue weighted by molar-refractivity contribution is 0.0301. The van der Waals surface area contributed by atoms with Gasteiger partial charge in [-0.2, -0.15) is 0 Å². The average molecular weight is 314 g/mol. The highest BCUT2D eigenvalue weighted by atomic mass is 16.5. The summed E-state index contributed by atoms with van der Waals surface area (Å²) in [6, 6.07) is 2.82. The molecule has 23 heavy (non-hydrogen) atoms. The molecule has 0 saturated heterocycles. The second kappa shape index (κ2) is 4.85. The fourth-order valence-electron chi connectivity index (χ4n) is 3.17. The number of carbonyl (C=O) groups excluding carboxylic acids is 1. The molecule has 0 aliphatic carbocycles. The number of Topliss-reactive ketones (excluding diaryl/α,β-unsaturated/α-hetero) is 1. The van der Waals surface area contributed by atoms with Crippen molar-refractivity contribution in [2.45, 2.75) is 51.7 Å². The number of benzene rings is 1. The largest absolute Gasteiger partial charge is 0.508 e. The summed E-state index contributed by atoms with van der Waals surface area (Å²) < 4.78 is 7.82. The number of hydrogen-bond acceptors (Lipinski definition) is 4. The van der Waals surface area contributed by atoms with Crippen LogP contribution in [0.1, 0.15) is 56.6 Å². The number of phenols is 1. The molecular weight excluding hydrogens is 292 g/mol. The summed E-state index contributed by atoms with van der Waals surface area (Å²) in [6.45, 7) is 9.74. The number of carbonyl (C=O) groups is 1. The molecule has 1 unspecified atom stereocenters. The highest BCUT2D eigenvalue weighted by molar-refractivity contribution is 6.03. The van der Waals surface area contributed by atoms with Crippen molar-refractivity contribution in [2.24, 2.45) is 0 Å². The second-order valence-electron chi connectivity index (χ2n) is 7.60. The van der Waals surface area contributed by atoms with Crippen LogP contribution in [0.2, 0.25) is 0 Å². The van der Waals surface area contributed by atoms with E-state index < -0.39 is 11.6 Å². The number of imidazole rings is 1. The smallest absolute Gasteiger partial charge is 0.193 e.